The number of fused-ring (bicyclic) bond motifs is 1. The molecule has 2 unspecified atom stereocenters. The first-order valence-electron chi connectivity index (χ1n) is 11.0. The third-order valence-electron chi connectivity index (χ3n) is 4.81. The van der Waals surface area contributed by atoms with Crippen LogP contribution in [0.2, 0.25) is 18.2 Å². The number of hydrogen-bond acceptors (Lipinski definition) is 8. The zero-order valence-electron chi connectivity index (χ0n) is 20.1. The highest BCUT2D eigenvalue weighted by Gasteiger charge is 2.36. The van der Waals surface area contributed by atoms with Crippen molar-refractivity contribution < 1.29 is 22.9 Å². The minimum atomic E-state index is -3.19. The second-order valence-electron chi connectivity index (χ2n) is 8.89. The summed E-state index contributed by atoms with van der Waals surface area (Å²) in [5.74, 6) is -0.0612. The van der Waals surface area contributed by atoms with Gasteiger partial charge in [-0.1, -0.05) is 32.4 Å². The molecule has 0 spiro atoms. The van der Waals surface area contributed by atoms with Crippen LogP contribution in [0.3, 0.4) is 0 Å². The van der Waals surface area contributed by atoms with Crippen molar-refractivity contribution in [3.05, 3.63) is 17.8 Å². The van der Waals surface area contributed by atoms with E-state index < -0.39 is 16.6 Å². The van der Waals surface area contributed by atoms with Crippen molar-refractivity contribution in [2.45, 2.75) is 60.2 Å². The van der Waals surface area contributed by atoms with Crippen LogP contribution < -0.4 is 4.84 Å². The van der Waals surface area contributed by atoms with Crippen molar-refractivity contribution >= 4 is 39.4 Å². The van der Waals surface area contributed by atoms with E-state index in [2.05, 4.69) is 48.8 Å². The lowest BCUT2D eigenvalue weighted by molar-refractivity contribution is -0.0170. The molecule has 12 heteroatoms. The van der Waals surface area contributed by atoms with E-state index in [1.165, 1.54) is 17.4 Å². The summed E-state index contributed by atoms with van der Waals surface area (Å²) < 4.78 is 32.0. The van der Waals surface area contributed by atoms with Crippen LogP contribution in [0.15, 0.2) is 12.7 Å². The summed E-state index contributed by atoms with van der Waals surface area (Å²) >= 11 is 6.10. The van der Waals surface area contributed by atoms with Crippen LogP contribution in [0.25, 0.3) is 11.2 Å². The van der Waals surface area contributed by atoms with Gasteiger partial charge in [0, 0.05) is 5.92 Å². The van der Waals surface area contributed by atoms with Gasteiger partial charge >= 0.3 is 7.60 Å². The summed E-state index contributed by atoms with van der Waals surface area (Å²) in [7, 11) is -4.54. The molecule has 182 valence electrons. The van der Waals surface area contributed by atoms with Gasteiger partial charge in [0.05, 0.1) is 25.5 Å². The van der Waals surface area contributed by atoms with Crippen LogP contribution in [-0.4, -0.2) is 60.8 Å². The molecule has 0 saturated heterocycles. The molecule has 0 aromatic carbocycles. The first-order valence-corrected chi connectivity index (χ1v) is 15.9. The first-order chi connectivity index (χ1) is 15.0. The van der Waals surface area contributed by atoms with Gasteiger partial charge in [0.15, 0.2) is 14.2 Å². The number of aromatic nitrogens is 4. The Kier molecular flexibility index (Phi) is 10.1. The lowest BCUT2D eigenvalue weighted by Gasteiger charge is -2.38. The molecular formula is C20H36ClN4O5PSi. The monoisotopic (exact) mass is 506 g/mol. The number of halogens is 1. The van der Waals surface area contributed by atoms with Crippen molar-refractivity contribution in [2.24, 2.45) is 11.3 Å². The van der Waals surface area contributed by atoms with Gasteiger partial charge in [-0.05, 0) is 38.8 Å². The molecular weight excluding hydrogens is 471 g/mol. The fourth-order valence-corrected chi connectivity index (χ4v) is 6.74. The van der Waals surface area contributed by atoms with Crippen molar-refractivity contribution in [3.8, 4) is 0 Å². The third-order valence-corrected chi connectivity index (χ3v) is 8.04. The molecule has 0 radical (unpaired) electrons. The van der Waals surface area contributed by atoms with Gasteiger partial charge in [0.25, 0.3) is 0 Å². The Balaban J connectivity index is 2.27. The molecule has 0 N–H and O–H groups in total. The number of imidazole rings is 1. The average Bonchev–Trinajstić information content (AvgIpc) is 3.11. The normalized spacial score (nSPS) is 14.8. The zero-order chi connectivity index (χ0) is 23.9. The zero-order valence-corrected chi connectivity index (χ0v) is 22.9. The molecule has 32 heavy (non-hydrogen) atoms. The summed E-state index contributed by atoms with van der Waals surface area (Å²) in [4.78, 5) is 18.5. The predicted octanol–water partition coefficient (Wildman–Crippen LogP) is 4.60. The molecule has 2 atom stereocenters. The molecule has 2 heterocycles. The molecule has 0 amide bonds. The van der Waals surface area contributed by atoms with Crippen LogP contribution in [0.4, 0.5) is 0 Å². The maximum absolute atomic E-state index is 13.1. The molecule has 0 aliphatic rings. The highest BCUT2D eigenvalue weighted by Crippen LogP contribution is 2.49. The summed E-state index contributed by atoms with van der Waals surface area (Å²) in [5, 5.41) is 0.268. The Morgan fingerprint density at radius 2 is 1.81 bits per heavy atom. The minimum Gasteiger partial charge on any atom is -0.417 e. The van der Waals surface area contributed by atoms with E-state index in [4.69, 9.17) is 29.9 Å². The number of rotatable bonds is 13. The summed E-state index contributed by atoms with van der Waals surface area (Å²) in [5.41, 5.74) is 0.820. The summed E-state index contributed by atoms with van der Waals surface area (Å²) in [6, 6.07) is 0. The standard InChI is InChI=1S/C20H36ClN4O5PSi/c1-8-28-31(26,29-9-2)11-10-15(17(20(3,4)5)30-32(6)7)12-27-25-14-24-16-18(21)22-13-23-19(16)25/h13-15,17,32H,8-12H2,1-7H3. The van der Waals surface area contributed by atoms with E-state index in [9.17, 15) is 4.57 Å². The van der Waals surface area contributed by atoms with Crippen molar-refractivity contribution in [1.29, 1.82) is 0 Å². The van der Waals surface area contributed by atoms with Gasteiger partial charge in [-0.15, -0.1) is 0 Å². The molecule has 0 aliphatic carbocycles. The number of hydrogen-bond donors (Lipinski definition) is 0. The largest absolute Gasteiger partial charge is 0.417 e. The van der Waals surface area contributed by atoms with Crippen LogP contribution in [-0.2, 0) is 18.0 Å². The van der Waals surface area contributed by atoms with Crippen molar-refractivity contribution in [3.63, 3.8) is 0 Å². The average molecular weight is 507 g/mol. The quantitative estimate of drug-likeness (QED) is 0.221. The van der Waals surface area contributed by atoms with Crippen LogP contribution >= 0.6 is 19.2 Å². The Morgan fingerprint density at radius 1 is 1.16 bits per heavy atom. The highest BCUT2D eigenvalue weighted by atomic mass is 35.5. The van der Waals surface area contributed by atoms with Crippen LogP contribution in [0.5, 0.6) is 0 Å². The van der Waals surface area contributed by atoms with E-state index in [1.807, 2.05) is 13.8 Å². The lowest BCUT2D eigenvalue weighted by atomic mass is 9.80. The molecule has 0 saturated carbocycles. The molecule has 0 aliphatic heterocycles. The van der Waals surface area contributed by atoms with E-state index in [1.54, 1.807) is 0 Å². The van der Waals surface area contributed by atoms with Gasteiger partial charge in [0.1, 0.15) is 24.8 Å². The Labute approximate surface area is 197 Å². The Morgan fingerprint density at radius 3 is 2.38 bits per heavy atom. The molecule has 2 aromatic rings. The van der Waals surface area contributed by atoms with Gasteiger partial charge in [-0.25, -0.2) is 15.0 Å². The molecule has 2 aromatic heterocycles. The second-order valence-corrected chi connectivity index (χ2v) is 13.8. The van der Waals surface area contributed by atoms with Crippen LogP contribution in [0.1, 0.15) is 41.0 Å². The smallest absolute Gasteiger partial charge is 0.330 e. The minimum absolute atomic E-state index is 0.0612. The SMILES string of the molecule is CCOP(=O)(CCC(COn1cnc2c(Cl)ncnc21)C(O[SiH](C)C)C(C)(C)C)OCC. The van der Waals surface area contributed by atoms with E-state index in [-0.39, 0.29) is 28.8 Å². The van der Waals surface area contributed by atoms with Crippen molar-refractivity contribution in [2.75, 3.05) is 26.0 Å². The third kappa shape index (κ3) is 7.50. The Bertz CT molecular complexity index is 898. The van der Waals surface area contributed by atoms with Crippen LogP contribution in [0, 0.1) is 11.3 Å². The second kappa shape index (κ2) is 11.9. The molecule has 9 nitrogen and oxygen atoms in total. The summed E-state index contributed by atoms with van der Waals surface area (Å²) in [6.45, 7) is 15.3. The maximum Gasteiger partial charge on any atom is 0.330 e. The fourth-order valence-electron chi connectivity index (χ4n) is 3.58. The van der Waals surface area contributed by atoms with Gasteiger partial charge in [-0.3, -0.25) is 4.57 Å². The lowest BCUT2D eigenvalue weighted by Crippen LogP contribution is -2.43. The van der Waals surface area contributed by atoms with E-state index >= 15 is 0 Å². The maximum atomic E-state index is 13.1. The Hall–Kier alpha value is -1.03. The van der Waals surface area contributed by atoms with Gasteiger partial charge in [0.2, 0.25) is 5.65 Å². The molecule has 0 bridgehead atoms. The van der Waals surface area contributed by atoms with E-state index in [0.29, 0.717) is 37.4 Å². The predicted molar refractivity (Wildman–Crippen MR) is 129 cm³/mol. The fraction of sp³-hybridized carbons (Fsp3) is 0.750. The molecule has 2 rings (SSSR count). The summed E-state index contributed by atoms with van der Waals surface area (Å²) in [6.07, 6.45) is 3.64. The van der Waals surface area contributed by atoms with Crippen molar-refractivity contribution in [1.82, 2.24) is 19.7 Å². The van der Waals surface area contributed by atoms with E-state index in [0.717, 1.165) is 0 Å². The van der Waals surface area contributed by atoms with Gasteiger partial charge in [-0.2, -0.15) is 4.73 Å². The van der Waals surface area contributed by atoms with Gasteiger partial charge < -0.3 is 18.3 Å². The first kappa shape index (κ1) is 27.2. The highest BCUT2D eigenvalue weighted by molar-refractivity contribution is 7.53. The molecule has 0 fully saturated rings. The number of nitrogens with zero attached hydrogens (tertiary/aromatic N) is 4. The topological polar surface area (TPSA) is 97.6 Å².